The lowest BCUT2D eigenvalue weighted by molar-refractivity contribution is 0.0329. The largest absolute Gasteiger partial charge is 0.458 e. The SMILES string of the molecule is CC[C@H](C)OC(=O)c1nc2ccccc2nc1Nc1ccc(F)cc1. The van der Waals surface area contributed by atoms with Crippen LogP contribution < -0.4 is 5.32 Å². The molecule has 0 saturated carbocycles. The molecule has 0 unspecified atom stereocenters. The molecular formula is C19H18FN3O2. The van der Waals surface area contributed by atoms with Crippen molar-refractivity contribution in [3.63, 3.8) is 0 Å². The van der Waals surface area contributed by atoms with E-state index in [-0.39, 0.29) is 23.4 Å². The first kappa shape index (κ1) is 16.8. The molecule has 0 bridgehead atoms. The smallest absolute Gasteiger partial charge is 0.361 e. The summed E-state index contributed by atoms with van der Waals surface area (Å²) in [5, 5.41) is 3.02. The van der Waals surface area contributed by atoms with Gasteiger partial charge in [0.1, 0.15) is 5.82 Å². The van der Waals surface area contributed by atoms with Gasteiger partial charge in [0.2, 0.25) is 0 Å². The van der Waals surface area contributed by atoms with E-state index in [4.69, 9.17) is 4.74 Å². The number of anilines is 2. The monoisotopic (exact) mass is 339 g/mol. The fourth-order valence-electron chi connectivity index (χ4n) is 2.22. The molecule has 128 valence electrons. The van der Waals surface area contributed by atoms with Gasteiger partial charge in [-0.2, -0.15) is 0 Å². The van der Waals surface area contributed by atoms with Crippen molar-refractivity contribution >= 4 is 28.5 Å². The highest BCUT2D eigenvalue weighted by Gasteiger charge is 2.20. The van der Waals surface area contributed by atoms with Gasteiger partial charge in [-0.25, -0.2) is 19.2 Å². The van der Waals surface area contributed by atoms with E-state index in [0.29, 0.717) is 23.1 Å². The molecule has 0 aliphatic heterocycles. The zero-order valence-corrected chi connectivity index (χ0v) is 14.0. The Morgan fingerprint density at radius 1 is 1.12 bits per heavy atom. The average Bonchev–Trinajstić information content (AvgIpc) is 2.62. The number of carbonyl (C=O) groups excluding carboxylic acids is 1. The Bertz CT molecular complexity index is 897. The van der Waals surface area contributed by atoms with E-state index in [1.54, 1.807) is 18.2 Å². The van der Waals surface area contributed by atoms with Gasteiger partial charge >= 0.3 is 5.97 Å². The zero-order valence-electron chi connectivity index (χ0n) is 14.0. The van der Waals surface area contributed by atoms with E-state index in [2.05, 4.69) is 15.3 Å². The number of rotatable bonds is 5. The van der Waals surface area contributed by atoms with E-state index in [1.165, 1.54) is 12.1 Å². The quantitative estimate of drug-likeness (QED) is 0.695. The van der Waals surface area contributed by atoms with Gasteiger partial charge in [0.25, 0.3) is 0 Å². The van der Waals surface area contributed by atoms with E-state index >= 15 is 0 Å². The normalized spacial score (nSPS) is 12.0. The van der Waals surface area contributed by atoms with Crippen molar-refractivity contribution in [2.24, 2.45) is 0 Å². The number of para-hydroxylation sites is 2. The third-order valence-corrected chi connectivity index (χ3v) is 3.75. The number of carbonyl (C=O) groups is 1. The number of hydrogen-bond donors (Lipinski definition) is 1. The summed E-state index contributed by atoms with van der Waals surface area (Å²) in [6, 6.07) is 13.0. The lowest BCUT2D eigenvalue weighted by atomic mass is 10.2. The molecule has 0 aliphatic carbocycles. The molecule has 1 N–H and O–H groups in total. The lowest BCUT2D eigenvalue weighted by Crippen LogP contribution is -2.17. The van der Waals surface area contributed by atoms with Gasteiger partial charge in [0.15, 0.2) is 11.5 Å². The minimum Gasteiger partial charge on any atom is -0.458 e. The lowest BCUT2D eigenvalue weighted by Gasteiger charge is -2.14. The van der Waals surface area contributed by atoms with Crippen LogP contribution >= 0.6 is 0 Å². The number of nitrogens with zero attached hydrogens (tertiary/aromatic N) is 2. The van der Waals surface area contributed by atoms with Gasteiger partial charge < -0.3 is 10.1 Å². The molecule has 3 rings (SSSR count). The van der Waals surface area contributed by atoms with Crippen LogP contribution in [0.3, 0.4) is 0 Å². The zero-order chi connectivity index (χ0) is 17.8. The van der Waals surface area contributed by atoms with Gasteiger partial charge in [0.05, 0.1) is 17.1 Å². The van der Waals surface area contributed by atoms with Crippen LogP contribution in [-0.4, -0.2) is 22.0 Å². The summed E-state index contributed by atoms with van der Waals surface area (Å²) in [7, 11) is 0. The minimum absolute atomic E-state index is 0.100. The molecule has 2 aromatic carbocycles. The number of fused-ring (bicyclic) bond motifs is 1. The first-order valence-electron chi connectivity index (χ1n) is 8.07. The van der Waals surface area contributed by atoms with Crippen LogP contribution in [0.5, 0.6) is 0 Å². The Hall–Kier alpha value is -3.02. The molecule has 1 aromatic heterocycles. The summed E-state index contributed by atoms with van der Waals surface area (Å²) in [6.45, 7) is 3.75. The number of halogens is 1. The highest BCUT2D eigenvalue weighted by Crippen LogP contribution is 2.22. The number of esters is 1. The standard InChI is InChI=1S/C19H18FN3O2/c1-3-12(2)25-19(24)17-18(21-14-10-8-13(20)9-11-14)23-16-7-5-4-6-15(16)22-17/h4-12H,3H2,1-2H3,(H,21,23)/t12-/m0/s1. The summed E-state index contributed by atoms with van der Waals surface area (Å²) < 4.78 is 18.5. The number of nitrogens with one attached hydrogen (secondary N) is 1. The van der Waals surface area contributed by atoms with Crippen molar-refractivity contribution in [2.75, 3.05) is 5.32 Å². The van der Waals surface area contributed by atoms with E-state index in [9.17, 15) is 9.18 Å². The van der Waals surface area contributed by atoms with Crippen molar-refractivity contribution in [3.8, 4) is 0 Å². The molecule has 25 heavy (non-hydrogen) atoms. The van der Waals surface area contributed by atoms with Crippen LogP contribution in [0.15, 0.2) is 48.5 Å². The van der Waals surface area contributed by atoms with Crippen LogP contribution in [0.4, 0.5) is 15.9 Å². The van der Waals surface area contributed by atoms with Gasteiger partial charge in [-0.05, 0) is 49.7 Å². The Labute approximate surface area is 144 Å². The Morgan fingerprint density at radius 2 is 1.76 bits per heavy atom. The molecule has 0 amide bonds. The molecule has 0 fully saturated rings. The third-order valence-electron chi connectivity index (χ3n) is 3.75. The first-order chi connectivity index (χ1) is 12.1. The van der Waals surface area contributed by atoms with Crippen molar-refractivity contribution in [1.29, 1.82) is 0 Å². The summed E-state index contributed by atoms with van der Waals surface area (Å²) in [6.07, 6.45) is 0.479. The van der Waals surface area contributed by atoms with Crippen molar-refractivity contribution in [3.05, 3.63) is 60.0 Å². The maximum Gasteiger partial charge on any atom is 0.361 e. The Balaban J connectivity index is 2.02. The van der Waals surface area contributed by atoms with Crippen LogP contribution in [0.25, 0.3) is 11.0 Å². The van der Waals surface area contributed by atoms with Gasteiger partial charge in [0, 0.05) is 5.69 Å². The molecule has 3 aromatic rings. The highest BCUT2D eigenvalue weighted by atomic mass is 19.1. The number of aromatic nitrogens is 2. The second-order valence-electron chi connectivity index (χ2n) is 5.67. The molecule has 1 atom stereocenters. The third kappa shape index (κ3) is 3.91. The minimum atomic E-state index is -0.544. The summed E-state index contributed by atoms with van der Waals surface area (Å²) >= 11 is 0. The second kappa shape index (κ2) is 7.25. The van der Waals surface area contributed by atoms with E-state index < -0.39 is 5.97 Å². The topological polar surface area (TPSA) is 64.1 Å². The van der Waals surface area contributed by atoms with Crippen LogP contribution in [0.1, 0.15) is 30.8 Å². The van der Waals surface area contributed by atoms with Gasteiger partial charge in [-0.3, -0.25) is 0 Å². The molecule has 6 heteroatoms. The van der Waals surface area contributed by atoms with Crippen molar-refractivity contribution < 1.29 is 13.9 Å². The Morgan fingerprint density at radius 3 is 2.40 bits per heavy atom. The predicted octanol–water partition coefficient (Wildman–Crippen LogP) is 4.47. The number of ether oxygens (including phenoxy) is 1. The van der Waals surface area contributed by atoms with E-state index in [1.807, 2.05) is 32.0 Å². The molecule has 0 saturated heterocycles. The van der Waals surface area contributed by atoms with Crippen LogP contribution in [0.2, 0.25) is 0 Å². The van der Waals surface area contributed by atoms with Crippen molar-refractivity contribution in [2.45, 2.75) is 26.4 Å². The highest BCUT2D eigenvalue weighted by molar-refractivity contribution is 5.96. The maximum atomic E-state index is 13.1. The molecular weight excluding hydrogens is 321 g/mol. The van der Waals surface area contributed by atoms with Crippen LogP contribution in [0, 0.1) is 5.82 Å². The van der Waals surface area contributed by atoms with E-state index in [0.717, 1.165) is 0 Å². The van der Waals surface area contributed by atoms with Gasteiger partial charge in [-0.1, -0.05) is 19.1 Å². The fourth-order valence-corrected chi connectivity index (χ4v) is 2.22. The number of hydrogen-bond acceptors (Lipinski definition) is 5. The van der Waals surface area contributed by atoms with Crippen molar-refractivity contribution in [1.82, 2.24) is 9.97 Å². The first-order valence-corrected chi connectivity index (χ1v) is 8.07. The average molecular weight is 339 g/mol. The van der Waals surface area contributed by atoms with Gasteiger partial charge in [-0.15, -0.1) is 0 Å². The Kier molecular flexibility index (Phi) is 4.88. The molecule has 0 aliphatic rings. The molecule has 0 radical (unpaired) electrons. The summed E-state index contributed by atoms with van der Waals surface area (Å²) in [5.74, 6) is -0.609. The van der Waals surface area contributed by atoms with Crippen LogP contribution in [-0.2, 0) is 4.74 Å². The number of benzene rings is 2. The summed E-state index contributed by atoms with van der Waals surface area (Å²) in [4.78, 5) is 21.4. The fraction of sp³-hybridized carbons (Fsp3) is 0.211. The molecule has 1 heterocycles. The maximum absolute atomic E-state index is 13.1. The summed E-state index contributed by atoms with van der Waals surface area (Å²) in [5.41, 5.74) is 1.95. The molecule has 5 nitrogen and oxygen atoms in total. The molecule has 0 spiro atoms. The second-order valence-corrected chi connectivity index (χ2v) is 5.67. The predicted molar refractivity (Wildman–Crippen MR) is 94.4 cm³/mol.